The third kappa shape index (κ3) is 2.88. The molecule has 1 aliphatic rings. The summed E-state index contributed by atoms with van der Waals surface area (Å²) in [6.07, 6.45) is 0. The molecule has 0 aromatic carbocycles. The molecule has 1 aliphatic heterocycles. The zero-order chi connectivity index (χ0) is 14.9. The van der Waals surface area contributed by atoms with Gasteiger partial charge in [-0.2, -0.15) is 17.0 Å². The highest BCUT2D eigenvalue weighted by molar-refractivity contribution is 7.86. The van der Waals surface area contributed by atoms with E-state index < -0.39 is 10.2 Å². The van der Waals surface area contributed by atoms with Crippen LogP contribution in [0.15, 0.2) is 11.4 Å². The van der Waals surface area contributed by atoms with E-state index in [9.17, 15) is 13.2 Å². The molecule has 1 saturated heterocycles. The smallest absolute Gasteiger partial charge is 0.281 e. The maximum Gasteiger partial charge on any atom is 0.281 e. The zero-order valence-electron chi connectivity index (χ0n) is 11.9. The fourth-order valence-electron chi connectivity index (χ4n) is 2.09. The van der Waals surface area contributed by atoms with Crippen LogP contribution in [0.4, 0.5) is 0 Å². The molecule has 0 bridgehead atoms. The summed E-state index contributed by atoms with van der Waals surface area (Å²) in [4.78, 5) is 14.8. The van der Waals surface area contributed by atoms with Crippen molar-refractivity contribution < 1.29 is 13.2 Å². The van der Waals surface area contributed by atoms with Crippen LogP contribution in [0.1, 0.15) is 15.2 Å². The topological polar surface area (TPSA) is 60.9 Å². The quantitative estimate of drug-likeness (QED) is 0.821. The number of rotatable bonds is 3. The predicted molar refractivity (Wildman–Crippen MR) is 79.1 cm³/mol. The summed E-state index contributed by atoms with van der Waals surface area (Å²) >= 11 is 1.43. The van der Waals surface area contributed by atoms with Gasteiger partial charge in [-0.05, 0) is 23.9 Å². The first-order chi connectivity index (χ1) is 9.34. The fourth-order valence-corrected chi connectivity index (χ4v) is 4.07. The van der Waals surface area contributed by atoms with E-state index in [-0.39, 0.29) is 5.91 Å². The van der Waals surface area contributed by atoms with Gasteiger partial charge in [-0.15, -0.1) is 11.3 Å². The van der Waals surface area contributed by atoms with Crippen LogP contribution in [-0.2, 0) is 10.2 Å². The molecule has 6 nitrogen and oxygen atoms in total. The molecule has 20 heavy (non-hydrogen) atoms. The highest BCUT2D eigenvalue weighted by Crippen LogP contribution is 2.19. The first-order valence-electron chi connectivity index (χ1n) is 6.35. The molecule has 1 amide bonds. The van der Waals surface area contributed by atoms with Gasteiger partial charge in [0.05, 0.1) is 4.88 Å². The Kier molecular flexibility index (Phi) is 4.48. The van der Waals surface area contributed by atoms with Crippen molar-refractivity contribution in [3.8, 4) is 0 Å². The normalized spacial score (nSPS) is 17.7. The molecule has 0 radical (unpaired) electrons. The van der Waals surface area contributed by atoms with Gasteiger partial charge in [0.1, 0.15) is 0 Å². The lowest BCUT2D eigenvalue weighted by Crippen LogP contribution is -2.53. The van der Waals surface area contributed by atoms with E-state index in [1.54, 1.807) is 4.90 Å². The Bertz CT molecular complexity index is 587. The van der Waals surface area contributed by atoms with Crippen molar-refractivity contribution in [2.45, 2.75) is 6.92 Å². The van der Waals surface area contributed by atoms with Gasteiger partial charge >= 0.3 is 0 Å². The van der Waals surface area contributed by atoms with Gasteiger partial charge in [0, 0.05) is 40.3 Å². The maximum absolute atomic E-state index is 12.3. The van der Waals surface area contributed by atoms with Gasteiger partial charge in [0.2, 0.25) is 0 Å². The molecule has 0 spiro atoms. The minimum absolute atomic E-state index is 0.000555. The number of thiophene rings is 1. The molecular formula is C12H19N3O3S2. The zero-order valence-corrected chi connectivity index (χ0v) is 13.5. The van der Waals surface area contributed by atoms with Crippen LogP contribution in [0.25, 0.3) is 0 Å². The second-order valence-corrected chi connectivity index (χ2v) is 7.97. The first kappa shape index (κ1) is 15.4. The average molecular weight is 317 g/mol. The van der Waals surface area contributed by atoms with Gasteiger partial charge in [0.25, 0.3) is 16.1 Å². The molecule has 0 unspecified atom stereocenters. The minimum Gasteiger partial charge on any atom is -0.335 e. The molecular weight excluding hydrogens is 298 g/mol. The molecule has 2 heterocycles. The third-order valence-electron chi connectivity index (χ3n) is 3.37. The standard InChI is InChI=1S/C12H19N3O3S2/c1-10-4-9-19-11(10)12(16)14-5-7-15(8-6-14)20(17,18)13(2)3/h4,9H,5-8H2,1-3H3. The Labute approximate surface area is 123 Å². The lowest BCUT2D eigenvalue weighted by Gasteiger charge is -2.35. The summed E-state index contributed by atoms with van der Waals surface area (Å²) in [5.74, 6) is -0.000555. The number of amides is 1. The van der Waals surface area contributed by atoms with Gasteiger partial charge in [0.15, 0.2) is 0 Å². The molecule has 8 heteroatoms. The molecule has 1 fully saturated rings. The first-order valence-corrected chi connectivity index (χ1v) is 8.62. The minimum atomic E-state index is -3.38. The number of aryl methyl sites for hydroxylation is 1. The number of nitrogens with zero attached hydrogens (tertiary/aromatic N) is 3. The highest BCUT2D eigenvalue weighted by Gasteiger charge is 2.31. The molecule has 112 valence electrons. The van der Waals surface area contributed by atoms with Crippen molar-refractivity contribution in [1.82, 2.24) is 13.5 Å². The second kappa shape index (κ2) is 5.80. The Morgan fingerprint density at radius 2 is 1.85 bits per heavy atom. The third-order valence-corrected chi connectivity index (χ3v) is 6.31. The summed E-state index contributed by atoms with van der Waals surface area (Å²) < 4.78 is 26.6. The summed E-state index contributed by atoms with van der Waals surface area (Å²) in [6.45, 7) is 3.47. The monoisotopic (exact) mass is 317 g/mol. The van der Waals surface area contributed by atoms with E-state index in [4.69, 9.17) is 0 Å². The Balaban J connectivity index is 2.02. The Morgan fingerprint density at radius 1 is 1.25 bits per heavy atom. The average Bonchev–Trinajstić information content (AvgIpc) is 2.84. The lowest BCUT2D eigenvalue weighted by atomic mass is 10.2. The van der Waals surface area contributed by atoms with Crippen molar-refractivity contribution in [3.63, 3.8) is 0 Å². The molecule has 0 saturated carbocycles. The predicted octanol–water partition coefficient (Wildman–Crippen LogP) is 0.621. The summed E-state index contributed by atoms with van der Waals surface area (Å²) in [5.41, 5.74) is 0.975. The van der Waals surface area contributed by atoms with Gasteiger partial charge in [-0.3, -0.25) is 4.79 Å². The maximum atomic E-state index is 12.3. The van der Waals surface area contributed by atoms with Gasteiger partial charge in [-0.25, -0.2) is 0 Å². The number of hydrogen-bond donors (Lipinski definition) is 0. The largest absolute Gasteiger partial charge is 0.335 e. The number of carbonyl (C=O) groups is 1. The molecule has 1 aromatic heterocycles. The van der Waals surface area contributed by atoms with Crippen LogP contribution >= 0.6 is 11.3 Å². The van der Waals surface area contributed by atoms with E-state index in [0.29, 0.717) is 26.2 Å². The van der Waals surface area contributed by atoms with Crippen LogP contribution in [0, 0.1) is 6.92 Å². The number of carbonyl (C=O) groups excluding carboxylic acids is 1. The van der Waals surface area contributed by atoms with Gasteiger partial charge < -0.3 is 4.90 Å². The van der Waals surface area contributed by atoms with Crippen LogP contribution in [0.3, 0.4) is 0 Å². The van der Waals surface area contributed by atoms with E-state index in [0.717, 1.165) is 10.4 Å². The number of piperazine rings is 1. The molecule has 1 aromatic rings. The van der Waals surface area contributed by atoms with Crippen LogP contribution in [0.5, 0.6) is 0 Å². The van der Waals surface area contributed by atoms with Crippen LogP contribution in [-0.4, -0.2) is 68.1 Å². The van der Waals surface area contributed by atoms with E-state index in [2.05, 4.69) is 0 Å². The SMILES string of the molecule is Cc1ccsc1C(=O)N1CCN(S(=O)(=O)N(C)C)CC1. The molecule has 0 atom stereocenters. The van der Waals surface area contributed by atoms with E-state index in [1.807, 2.05) is 18.4 Å². The highest BCUT2D eigenvalue weighted by atomic mass is 32.2. The van der Waals surface area contributed by atoms with Crippen molar-refractivity contribution in [1.29, 1.82) is 0 Å². The van der Waals surface area contributed by atoms with Crippen molar-refractivity contribution in [2.24, 2.45) is 0 Å². The van der Waals surface area contributed by atoms with Crippen LogP contribution < -0.4 is 0 Å². The fraction of sp³-hybridized carbons (Fsp3) is 0.583. The molecule has 0 N–H and O–H groups in total. The van der Waals surface area contributed by atoms with E-state index in [1.165, 1.54) is 34.0 Å². The van der Waals surface area contributed by atoms with E-state index >= 15 is 0 Å². The summed E-state index contributed by atoms with van der Waals surface area (Å²) in [6, 6.07) is 1.92. The van der Waals surface area contributed by atoms with Crippen LogP contribution in [0.2, 0.25) is 0 Å². The Morgan fingerprint density at radius 3 is 2.30 bits per heavy atom. The van der Waals surface area contributed by atoms with Gasteiger partial charge in [-0.1, -0.05) is 0 Å². The second-order valence-electron chi connectivity index (χ2n) is 4.91. The summed E-state index contributed by atoms with van der Waals surface area (Å²) in [5, 5.41) is 1.90. The molecule has 0 aliphatic carbocycles. The number of hydrogen-bond acceptors (Lipinski definition) is 4. The summed E-state index contributed by atoms with van der Waals surface area (Å²) in [7, 11) is -0.348. The van der Waals surface area contributed by atoms with Crippen molar-refractivity contribution in [2.75, 3.05) is 40.3 Å². The lowest BCUT2D eigenvalue weighted by molar-refractivity contribution is 0.0699. The van der Waals surface area contributed by atoms with Crippen molar-refractivity contribution >= 4 is 27.5 Å². The Hall–Kier alpha value is -0.960. The van der Waals surface area contributed by atoms with Crippen molar-refractivity contribution in [3.05, 3.63) is 21.9 Å². The molecule has 2 rings (SSSR count).